The Morgan fingerprint density at radius 2 is 1.01 bits per heavy atom. The normalized spacial score (nSPS) is 16.9. The summed E-state index contributed by atoms with van der Waals surface area (Å²) in [6, 6.07) is 21.7. The van der Waals surface area contributed by atoms with Gasteiger partial charge >= 0.3 is 23.3 Å². The first-order valence-electron chi connectivity index (χ1n) is 23.2. The van der Waals surface area contributed by atoms with Crippen molar-refractivity contribution in [2.24, 2.45) is 40.0 Å². The highest BCUT2D eigenvalue weighted by molar-refractivity contribution is 6.35. The van der Waals surface area contributed by atoms with Crippen LogP contribution < -0.4 is 33.1 Å². The highest BCUT2D eigenvalue weighted by Crippen LogP contribution is 2.48. The number of hydrogen-bond donors (Lipinski definition) is 6. The van der Waals surface area contributed by atoms with Crippen LogP contribution in [0.4, 0.5) is 23.3 Å². The van der Waals surface area contributed by atoms with E-state index in [1.54, 1.807) is 86.1 Å². The van der Waals surface area contributed by atoms with E-state index < -0.39 is 46.3 Å². The zero-order chi connectivity index (χ0) is 52.0. The molecule has 0 bridgehead atoms. The molecule has 0 amide bonds. The molecule has 2 aliphatic rings. The minimum Gasteiger partial charge on any atom is -0.481 e. The summed E-state index contributed by atoms with van der Waals surface area (Å²) in [5.41, 5.74) is 4.76. The molecule has 0 radical (unpaired) electrons. The van der Waals surface area contributed by atoms with Gasteiger partial charge in [0, 0.05) is 118 Å². The quantitative estimate of drug-likeness (QED) is 0.0833. The molecule has 0 aliphatic heterocycles. The van der Waals surface area contributed by atoms with E-state index >= 15 is 0 Å². The van der Waals surface area contributed by atoms with Crippen LogP contribution in [-0.4, -0.2) is 79.5 Å². The van der Waals surface area contributed by atoms with Crippen molar-refractivity contribution in [1.29, 1.82) is 0 Å². The molecular formula is C50H44Cl2N14O8. The highest BCUT2D eigenvalue weighted by atomic mass is 35.5. The molecule has 74 heavy (non-hydrogen) atoms. The number of aliphatic carboxylic acids is 2. The number of fused-ring (bicyclic) bond motifs is 4. The summed E-state index contributed by atoms with van der Waals surface area (Å²) >= 11 is 12.6. The molecule has 0 unspecified atom stereocenters. The van der Waals surface area contributed by atoms with Gasteiger partial charge < -0.3 is 39.9 Å². The van der Waals surface area contributed by atoms with Crippen molar-refractivity contribution >= 4 is 103 Å². The van der Waals surface area contributed by atoms with Crippen LogP contribution in [0.5, 0.6) is 0 Å². The van der Waals surface area contributed by atoms with Crippen LogP contribution in [0, 0.1) is 11.8 Å². The molecule has 2 aromatic carbocycles. The molecule has 8 aromatic heterocycles. The van der Waals surface area contributed by atoms with Crippen LogP contribution in [-0.2, 0) is 50.9 Å². The summed E-state index contributed by atoms with van der Waals surface area (Å²) in [7, 11) is 6.53. The molecule has 2 fully saturated rings. The van der Waals surface area contributed by atoms with E-state index in [1.165, 1.54) is 9.13 Å². The van der Waals surface area contributed by atoms with Crippen molar-refractivity contribution in [2.75, 3.05) is 10.6 Å². The molecule has 2 saturated carbocycles. The first-order chi connectivity index (χ1) is 35.4. The van der Waals surface area contributed by atoms with E-state index in [2.05, 4.69) is 40.5 Å². The lowest BCUT2D eigenvalue weighted by Crippen LogP contribution is -2.39. The number of aryl methyl sites for hydroxylation is 4. The van der Waals surface area contributed by atoms with Gasteiger partial charge in [-0.2, -0.15) is 9.97 Å². The number of carboxylic acid groups (broad SMARTS) is 2. The number of benzene rings is 2. The lowest BCUT2D eigenvalue weighted by molar-refractivity contribution is -0.139. The average Bonchev–Trinajstić information content (AvgIpc) is 4.20. The van der Waals surface area contributed by atoms with Crippen LogP contribution >= 0.6 is 23.2 Å². The molecule has 22 nitrogen and oxygen atoms in total. The Hall–Kier alpha value is -8.76. The van der Waals surface area contributed by atoms with Gasteiger partial charge in [-0.25, -0.2) is 9.59 Å². The van der Waals surface area contributed by atoms with Gasteiger partial charge in [0.1, 0.15) is 0 Å². The van der Waals surface area contributed by atoms with E-state index in [4.69, 9.17) is 23.2 Å². The Labute approximate surface area is 426 Å². The topological polar surface area (TPSA) is 280 Å². The summed E-state index contributed by atoms with van der Waals surface area (Å²) in [6.45, 7) is 0.0838. The number of nitrogens with zero attached hydrogens (tertiary/aromatic N) is 10. The van der Waals surface area contributed by atoms with Crippen LogP contribution in [0.1, 0.15) is 47.5 Å². The number of anilines is 4. The van der Waals surface area contributed by atoms with Gasteiger partial charge in [0.25, 0.3) is 11.1 Å². The van der Waals surface area contributed by atoms with Crippen molar-refractivity contribution in [3.05, 3.63) is 160 Å². The number of carbonyl (C=O) groups is 2. The minimum atomic E-state index is -0.826. The van der Waals surface area contributed by atoms with Gasteiger partial charge in [-0.15, -0.1) is 0 Å². The maximum absolute atomic E-state index is 13.5. The number of rotatable bonds is 12. The standard InChI is InChI=1S/2C25H22ClN7O4/c2*1-31-20-21(30-24(31)29-12-6-7-27-19(9-12)14-10-15(14)23(35)36)32(2)25(37)33(22(20)34)11-13-8-16-17(26)4-3-5-18(16)28-13/h2*3-9,14-15,28H,10-11H2,1-2H3,(H,35,36)(H,27,29,30)/t2*14-,15-/m10/s1. The summed E-state index contributed by atoms with van der Waals surface area (Å²) in [5, 5.41) is 27.6. The highest BCUT2D eigenvalue weighted by Gasteiger charge is 2.46. The average molecular weight is 1040 g/mol. The third-order valence-corrected chi connectivity index (χ3v) is 14.4. The molecule has 2 aliphatic carbocycles. The van der Waals surface area contributed by atoms with Gasteiger partial charge in [0.05, 0.1) is 24.9 Å². The van der Waals surface area contributed by atoms with Crippen molar-refractivity contribution in [3.8, 4) is 0 Å². The third-order valence-electron chi connectivity index (χ3n) is 13.8. The second-order valence-corrected chi connectivity index (χ2v) is 19.4. The molecule has 0 spiro atoms. The Morgan fingerprint density at radius 1 is 0.608 bits per heavy atom. The van der Waals surface area contributed by atoms with Crippen LogP contribution in [0.15, 0.2) is 104 Å². The fourth-order valence-corrected chi connectivity index (χ4v) is 10.0. The number of pyridine rings is 2. The summed E-state index contributed by atoms with van der Waals surface area (Å²) < 4.78 is 8.22. The first kappa shape index (κ1) is 47.6. The van der Waals surface area contributed by atoms with Crippen LogP contribution in [0.25, 0.3) is 44.1 Å². The Kier molecular flexibility index (Phi) is 11.6. The van der Waals surface area contributed by atoms with Crippen molar-refractivity contribution in [3.63, 3.8) is 0 Å². The van der Waals surface area contributed by atoms with Gasteiger partial charge in [-0.3, -0.25) is 47.4 Å². The molecule has 24 heteroatoms. The number of halogens is 2. The van der Waals surface area contributed by atoms with Gasteiger partial charge in [0.2, 0.25) is 11.9 Å². The summed E-state index contributed by atoms with van der Waals surface area (Å²) in [6.07, 6.45) is 4.32. The van der Waals surface area contributed by atoms with Crippen LogP contribution in [0.3, 0.4) is 0 Å². The Morgan fingerprint density at radius 3 is 1.38 bits per heavy atom. The smallest absolute Gasteiger partial charge is 0.332 e. The van der Waals surface area contributed by atoms with E-state index in [-0.39, 0.29) is 47.3 Å². The van der Waals surface area contributed by atoms with Gasteiger partial charge in [0.15, 0.2) is 22.3 Å². The van der Waals surface area contributed by atoms with Crippen molar-refractivity contribution in [1.82, 2.24) is 57.3 Å². The second-order valence-electron chi connectivity index (χ2n) is 18.6. The summed E-state index contributed by atoms with van der Waals surface area (Å²) in [5.74, 6) is -2.00. The van der Waals surface area contributed by atoms with E-state index in [1.807, 2.05) is 36.4 Å². The fourth-order valence-electron chi connectivity index (χ4n) is 9.56. The number of aromatic nitrogens is 12. The molecule has 12 rings (SSSR count). The predicted molar refractivity (Wildman–Crippen MR) is 277 cm³/mol. The largest absolute Gasteiger partial charge is 0.481 e. The van der Waals surface area contributed by atoms with E-state index in [0.29, 0.717) is 68.9 Å². The lowest BCUT2D eigenvalue weighted by atomic mass is 10.2. The lowest BCUT2D eigenvalue weighted by Gasteiger charge is -2.08. The van der Waals surface area contributed by atoms with E-state index in [9.17, 15) is 39.0 Å². The molecule has 8 heterocycles. The number of nitrogens with one attached hydrogen (secondary N) is 4. The molecule has 10 aromatic rings. The van der Waals surface area contributed by atoms with Crippen LogP contribution in [0.2, 0.25) is 10.0 Å². The molecule has 0 saturated heterocycles. The third kappa shape index (κ3) is 8.35. The Balaban J connectivity index is 0.000000159. The molecule has 6 N–H and O–H groups in total. The fraction of sp³-hybridized carbons (Fsp3) is 0.240. The molecule has 376 valence electrons. The number of aromatic amines is 2. The second kappa shape index (κ2) is 18.1. The van der Waals surface area contributed by atoms with Gasteiger partial charge in [-0.05, 0) is 73.5 Å². The predicted octanol–water partition coefficient (Wildman–Crippen LogP) is 5.89. The maximum Gasteiger partial charge on any atom is 0.332 e. The SMILES string of the molecule is Cn1c(Nc2ccnc([C@@H]3C[C@H]3C(=O)O)c2)nc2c1c(=O)n(Cc1cc3c(Cl)cccc3[nH]1)c(=O)n2C.Cn1c(Nc2ccnc([C@H]3C[C@@H]3C(=O)O)c2)nc2c1c(=O)n(Cc1cc3c(Cl)cccc3[nH]1)c(=O)n2C. The molecule has 4 atom stereocenters. The monoisotopic (exact) mass is 1040 g/mol. The maximum atomic E-state index is 13.5. The number of imidazole rings is 2. The van der Waals surface area contributed by atoms with Crippen molar-refractivity contribution < 1.29 is 19.8 Å². The number of hydrogen-bond acceptors (Lipinski definition) is 12. The van der Waals surface area contributed by atoms with Gasteiger partial charge in [-0.1, -0.05) is 35.3 Å². The minimum absolute atomic E-state index is 0.0419. The zero-order valence-electron chi connectivity index (χ0n) is 39.8. The first-order valence-corrected chi connectivity index (χ1v) is 24.0. The van der Waals surface area contributed by atoms with E-state index in [0.717, 1.165) is 30.9 Å². The van der Waals surface area contributed by atoms with Crippen molar-refractivity contribution in [2.45, 2.75) is 37.8 Å². The zero-order valence-corrected chi connectivity index (χ0v) is 41.3. The number of carboxylic acids is 2. The number of H-pyrrole nitrogens is 2. The molecular weight excluding hydrogens is 996 g/mol. The summed E-state index contributed by atoms with van der Waals surface area (Å²) in [4.78, 5) is 99.8. The Bertz CT molecular complexity index is 3970.